The largest absolute Gasteiger partial charge is 0.508 e. The maximum Gasteiger partial charge on any atom is 0.167 e. The van der Waals surface area contributed by atoms with Gasteiger partial charge in [0.05, 0.1) is 18.5 Å². The van der Waals surface area contributed by atoms with Gasteiger partial charge in [-0.25, -0.2) is 15.0 Å². The third-order valence-electron chi connectivity index (χ3n) is 5.17. The van der Waals surface area contributed by atoms with Gasteiger partial charge in [-0.15, -0.1) is 0 Å². The number of aliphatic hydroxyl groups is 3. The Morgan fingerprint density at radius 1 is 1.10 bits per heavy atom. The molecule has 3 heterocycles. The fourth-order valence-corrected chi connectivity index (χ4v) is 3.49. The summed E-state index contributed by atoms with van der Waals surface area (Å²) in [4.78, 5) is 12.9. The lowest BCUT2D eigenvalue weighted by molar-refractivity contribution is -0.0511. The first-order valence-corrected chi connectivity index (χ1v) is 9.19. The molecule has 0 bridgehead atoms. The van der Waals surface area contributed by atoms with Crippen molar-refractivity contribution in [1.82, 2.24) is 19.5 Å². The van der Waals surface area contributed by atoms with Gasteiger partial charge in [0.1, 0.15) is 30.4 Å². The number of nitrogens with one attached hydrogen (secondary N) is 1. The van der Waals surface area contributed by atoms with Crippen molar-refractivity contribution in [3.05, 3.63) is 42.5 Å². The molecule has 154 valence electrons. The van der Waals surface area contributed by atoms with Crippen molar-refractivity contribution >= 4 is 17.0 Å². The van der Waals surface area contributed by atoms with E-state index in [-0.39, 0.29) is 5.75 Å². The van der Waals surface area contributed by atoms with Crippen LogP contribution in [0.15, 0.2) is 36.9 Å². The van der Waals surface area contributed by atoms with Gasteiger partial charge in [0.2, 0.25) is 0 Å². The number of benzene rings is 1. The molecule has 0 aliphatic carbocycles. The standard InChI is InChI=1S/C19H23N5O5/c1-19(2,10-3-5-11(26)6-4-10)23-16-13-17(21-8-20-16)24(9-22-13)18-15(28)14(27)12(7-25)29-18/h3-6,8-9,12,14-15,18,25-28H,7H2,1-2H3,(H,20,21,23)/t12-,14-,15-,18-/m1/s1. The molecule has 0 radical (unpaired) electrons. The molecular weight excluding hydrogens is 378 g/mol. The molecule has 3 aromatic rings. The number of aromatic hydroxyl groups is 1. The monoisotopic (exact) mass is 401 g/mol. The van der Waals surface area contributed by atoms with Crippen LogP contribution in [-0.4, -0.2) is 64.9 Å². The molecule has 1 saturated heterocycles. The predicted molar refractivity (Wildman–Crippen MR) is 103 cm³/mol. The Labute approximate surface area is 166 Å². The number of phenols is 1. The Hall–Kier alpha value is -2.79. The van der Waals surface area contributed by atoms with Gasteiger partial charge < -0.3 is 30.5 Å². The molecule has 1 aromatic carbocycles. The van der Waals surface area contributed by atoms with Crippen LogP contribution >= 0.6 is 0 Å². The van der Waals surface area contributed by atoms with Crippen LogP contribution in [0.25, 0.3) is 11.2 Å². The summed E-state index contributed by atoms with van der Waals surface area (Å²) in [6.07, 6.45) is -1.44. The molecule has 4 rings (SSSR count). The van der Waals surface area contributed by atoms with Crippen molar-refractivity contribution in [2.75, 3.05) is 11.9 Å². The van der Waals surface area contributed by atoms with Crippen molar-refractivity contribution in [3.8, 4) is 5.75 Å². The van der Waals surface area contributed by atoms with E-state index in [1.807, 2.05) is 26.0 Å². The number of hydrogen-bond donors (Lipinski definition) is 5. The predicted octanol–water partition coefficient (Wildman–Crippen LogP) is 0.491. The molecule has 4 atom stereocenters. The van der Waals surface area contributed by atoms with E-state index in [0.29, 0.717) is 17.0 Å². The molecule has 5 N–H and O–H groups in total. The number of imidazole rings is 1. The quantitative estimate of drug-likeness (QED) is 0.412. The Bertz CT molecular complexity index is 1010. The topological polar surface area (TPSA) is 146 Å². The molecule has 2 aromatic heterocycles. The van der Waals surface area contributed by atoms with E-state index >= 15 is 0 Å². The molecule has 1 aliphatic heterocycles. The van der Waals surface area contributed by atoms with Crippen LogP contribution in [0.4, 0.5) is 5.82 Å². The third kappa shape index (κ3) is 3.40. The zero-order valence-corrected chi connectivity index (χ0v) is 16.0. The SMILES string of the molecule is CC(C)(Nc1ncnc2c1ncn2[C@@H]1O[C@H](CO)[C@@H](O)[C@H]1O)c1ccc(O)cc1. The van der Waals surface area contributed by atoms with Crippen LogP contribution in [-0.2, 0) is 10.3 Å². The number of phenolic OH excluding ortho intramolecular Hbond substituents is 1. The second-order valence-electron chi connectivity index (χ2n) is 7.57. The van der Waals surface area contributed by atoms with Crippen molar-refractivity contribution in [1.29, 1.82) is 0 Å². The average molecular weight is 401 g/mol. The molecule has 10 heteroatoms. The molecule has 0 amide bonds. The summed E-state index contributed by atoms with van der Waals surface area (Å²) < 4.78 is 7.09. The first-order chi connectivity index (χ1) is 13.8. The summed E-state index contributed by atoms with van der Waals surface area (Å²) in [5.74, 6) is 0.671. The van der Waals surface area contributed by atoms with Crippen molar-refractivity contribution in [2.45, 2.75) is 43.9 Å². The zero-order chi connectivity index (χ0) is 20.8. The van der Waals surface area contributed by atoms with Crippen LogP contribution in [0.3, 0.4) is 0 Å². The van der Waals surface area contributed by atoms with E-state index in [4.69, 9.17) is 4.74 Å². The zero-order valence-electron chi connectivity index (χ0n) is 16.0. The molecule has 10 nitrogen and oxygen atoms in total. The minimum absolute atomic E-state index is 0.186. The van der Waals surface area contributed by atoms with Gasteiger partial charge in [-0.2, -0.15) is 0 Å². The van der Waals surface area contributed by atoms with E-state index in [1.165, 1.54) is 17.2 Å². The molecule has 1 aliphatic rings. The lowest BCUT2D eigenvalue weighted by atomic mass is 9.94. The Morgan fingerprint density at radius 2 is 1.83 bits per heavy atom. The van der Waals surface area contributed by atoms with Gasteiger partial charge in [0.25, 0.3) is 0 Å². The van der Waals surface area contributed by atoms with Crippen LogP contribution in [0.5, 0.6) is 5.75 Å². The Morgan fingerprint density at radius 3 is 2.48 bits per heavy atom. The minimum atomic E-state index is -1.23. The van der Waals surface area contributed by atoms with Gasteiger partial charge in [-0.05, 0) is 31.5 Å². The van der Waals surface area contributed by atoms with Crippen LogP contribution in [0, 0.1) is 0 Å². The molecule has 0 unspecified atom stereocenters. The first-order valence-electron chi connectivity index (χ1n) is 9.19. The number of ether oxygens (including phenoxy) is 1. The summed E-state index contributed by atoms with van der Waals surface area (Å²) in [5.41, 5.74) is 1.29. The lowest BCUT2D eigenvalue weighted by Gasteiger charge is -2.27. The summed E-state index contributed by atoms with van der Waals surface area (Å²) >= 11 is 0. The number of aromatic nitrogens is 4. The normalized spacial score (nSPS) is 24.9. The molecule has 29 heavy (non-hydrogen) atoms. The highest BCUT2D eigenvalue weighted by Gasteiger charge is 2.44. The van der Waals surface area contributed by atoms with Gasteiger partial charge >= 0.3 is 0 Å². The average Bonchev–Trinajstić information content (AvgIpc) is 3.24. The summed E-state index contributed by atoms with van der Waals surface area (Å²) in [6, 6.07) is 6.87. The lowest BCUT2D eigenvalue weighted by Crippen LogP contribution is -2.33. The van der Waals surface area contributed by atoms with E-state index in [2.05, 4.69) is 20.3 Å². The molecule has 1 fully saturated rings. The maximum atomic E-state index is 10.3. The van der Waals surface area contributed by atoms with E-state index in [9.17, 15) is 20.4 Å². The van der Waals surface area contributed by atoms with Crippen molar-refractivity contribution in [3.63, 3.8) is 0 Å². The minimum Gasteiger partial charge on any atom is -0.508 e. The van der Waals surface area contributed by atoms with Gasteiger partial charge in [-0.3, -0.25) is 4.57 Å². The second-order valence-corrected chi connectivity index (χ2v) is 7.57. The number of hydrogen-bond acceptors (Lipinski definition) is 9. The Balaban J connectivity index is 1.67. The Kier molecular flexibility index (Phi) is 4.87. The molecular formula is C19H23N5O5. The fourth-order valence-electron chi connectivity index (χ4n) is 3.49. The summed E-state index contributed by atoms with van der Waals surface area (Å²) in [5, 5.41) is 42.5. The van der Waals surface area contributed by atoms with Gasteiger partial charge in [0.15, 0.2) is 23.2 Å². The number of fused-ring (bicyclic) bond motifs is 1. The van der Waals surface area contributed by atoms with E-state index in [1.54, 1.807) is 12.1 Å². The smallest absolute Gasteiger partial charge is 0.167 e. The second kappa shape index (κ2) is 7.23. The molecule has 0 saturated carbocycles. The third-order valence-corrected chi connectivity index (χ3v) is 5.17. The van der Waals surface area contributed by atoms with Crippen LogP contribution in [0.2, 0.25) is 0 Å². The number of nitrogens with zero attached hydrogens (tertiary/aromatic N) is 4. The maximum absolute atomic E-state index is 10.3. The summed E-state index contributed by atoms with van der Waals surface area (Å²) in [7, 11) is 0. The van der Waals surface area contributed by atoms with Crippen molar-refractivity contribution in [2.24, 2.45) is 0 Å². The van der Waals surface area contributed by atoms with Crippen LogP contribution < -0.4 is 5.32 Å². The highest BCUT2D eigenvalue weighted by molar-refractivity contribution is 5.83. The molecule has 0 spiro atoms. The number of aliphatic hydroxyl groups excluding tert-OH is 3. The van der Waals surface area contributed by atoms with Crippen LogP contribution in [0.1, 0.15) is 25.6 Å². The highest BCUT2D eigenvalue weighted by atomic mass is 16.6. The number of anilines is 1. The fraction of sp³-hybridized carbons (Fsp3) is 0.421. The van der Waals surface area contributed by atoms with Gasteiger partial charge in [0, 0.05) is 0 Å². The summed E-state index contributed by atoms with van der Waals surface area (Å²) in [6.45, 7) is 3.52. The number of rotatable bonds is 5. The highest BCUT2D eigenvalue weighted by Crippen LogP contribution is 2.33. The van der Waals surface area contributed by atoms with Gasteiger partial charge in [-0.1, -0.05) is 12.1 Å². The van der Waals surface area contributed by atoms with E-state index in [0.717, 1.165) is 5.56 Å². The van der Waals surface area contributed by atoms with E-state index < -0.39 is 36.7 Å². The first kappa shape index (κ1) is 19.5. The van der Waals surface area contributed by atoms with Crippen molar-refractivity contribution < 1.29 is 25.2 Å².